The van der Waals surface area contributed by atoms with Gasteiger partial charge in [0.25, 0.3) is 0 Å². The number of aliphatic carboxylic acids is 1. The summed E-state index contributed by atoms with van der Waals surface area (Å²) in [6, 6.07) is 7.11. The first kappa shape index (κ1) is 13.9. The van der Waals surface area contributed by atoms with Gasteiger partial charge in [-0.2, -0.15) is 0 Å². The van der Waals surface area contributed by atoms with E-state index in [1.165, 1.54) is 10.5 Å². The molecule has 2 aliphatic heterocycles. The van der Waals surface area contributed by atoms with Crippen LogP contribution >= 0.6 is 0 Å². The molecule has 1 saturated heterocycles. The topological polar surface area (TPSA) is 60.9 Å². The molecule has 0 aliphatic carbocycles. The molecule has 112 valence electrons. The maximum atomic E-state index is 12.8. The number of amides is 2. The molecule has 0 saturated carbocycles. The summed E-state index contributed by atoms with van der Waals surface area (Å²) < 4.78 is 0. The predicted molar refractivity (Wildman–Crippen MR) is 79.5 cm³/mol. The minimum Gasteiger partial charge on any atom is -0.480 e. The Bertz CT molecular complexity index is 558. The van der Waals surface area contributed by atoms with Gasteiger partial charge in [0.05, 0.1) is 0 Å². The number of rotatable bonds is 1. The van der Waals surface area contributed by atoms with Crippen molar-refractivity contribution in [2.24, 2.45) is 0 Å². The summed E-state index contributed by atoms with van der Waals surface area (Å²) in [5.41, 5.74) is 2.12. The Hall–Kier alpha value is -2.04. The molecule has 0 aromatic heterocycles. The highest BCUT2D eigenvalue weighted by Gasteiger charge is 2.37. The lowest BCUT2D eigenvalue weighted by atomic mass is 10.1. The second-order valence-electron chi connectivity index (χ2n) is 5.71. The number of para-hydroxylation sites is 1. The maximum Gasteiger partial charge on any atom is 0.326 e. The summed E-state index contributed by atoms with van der Waals surface area (Å²) in [6.07, 6.45) is 4.30. The SMILES string of the molecule is O=C(O)[C@@H]1CCCN1C(=O)N1CCCCc2ccccc21. The largest absolute Gasteiger partial charge is 0.480 e. The zero-order valence-corrected chi connectivity index (χ0v) is 12.0. The van der Waals surface area contributed by atoms with E-state index >= 15 is 0 Å². The maximum absolute atomic E-state index is 12.8. The van der Waals surface area contributed by atoms with Gasteiger partial charge in [-0.3, -0.25) is 4.90 Å². The fraction of sp³-hybridized carbons (Fsp3) is 0.500. The first-order chi connectivity index (χ1) is 10.2. The number of hydrogen-bond acceptors (Lipinski definition) is 2. The quantitative estimate of drug-likeness (QED) is 0.863. The number of hydrogen-bond donors (Lipinski definition) is 1. The molecule has 21 heavy (non-hydrogen) atoms. The molecule has 1 fully saturated rings. The lowest BCUT2D eigenvalue weighted by molar-refractivity contribution is -0.141. The van der Waals surface area contributed by atoms with Crippen LogP contribution in [-0.2, 0) is 11.2 Å². The van der Waals surface area contributed by atoms with E-state index in [0.717, 1.165) is 31.4 Å². The van der Waals surface area contributed by atoms with Crippen molar-refractivity contribution in [3.8, 4) is 0 Å². The third kappa shape index (κ3) is 2.60. The molecule has 5 heteroatoms. The van der Waals surface area contributed by atoms with Crippen molar-refractivity contribution >= 4 is 17.7 Å². The molecule has 0 radical (unpaired) electrons. The van der Waals surface area contributed by atoms with Crippen molar-refractivity contribution < 1.29 is 14.7 Å². The number of anilines is 1. The van der Waals surface area contributed by atoms with Crippen LogP contribution in [0, 0.1) is 0 Å². The Morgan fingerprint density at radius 2 is 1.90 bits per heavy atom. The summed E-state index contributed by atoms with van der Waals surface area (Å²) in [4.78, 5) is 27.4. The molecule has 0 spiro atoms. The molecule has 1 atom stereocenters. The third-order valence-corrected chi connectivity index (χ3v) is 4.37. The molecule has 1 aromatic rings. The lowest BCUT2D eigenvalue weighted by Gasteiger charge is -2.30. The van der Waals surface area contributed by atoms with Crippen LogP contribution in [0.25, 0.3) is 0 Å². The van der Waals surface area contributed by atoms with Gasteiger partial charge in [-0.1, -0.05) is 18.2 Å². The molecule has 2 amide bonds. The van der Waals surface area contributed by atoms with E-state index in [1.54, 1.807) is 4.90 Å². The number of urea groups is 1. The van der Waals surface area contributed by atoms with E-state index in [9.17, 15) is 14.7 Å². The highest BCUT2D eigenvalue weighted by atomic mass is 16.4. The fourth-order valence-corrected chi connectivity index (χ4v) is 3.30. The number of carboxylic acids is 1. The minimum absolute atomic E-state index is 0.158. The lowest BCUT2D eigenvalue weighted by Crippen LogP contribution is -2.48. The van der Waals surface area contributed by atoms with Gasteiger partial charge in [-0.15, -0.1) is 0 Å². The van der Waals surface area contributed by atoms with Gasteiger partial charge < -0.3 is 10.0 Å². The Morgan fingerprint density at radius 3 is 2.71 bits per heavy atom. The van der Waals surface area contributed by atoms with E-state index in [1.807, 2.05) is 18.2 Å². The number of likely N-dealkylation sites (tertiary alicyclic amines) is 1. The molecule has 0 bridgehead atoms. The molecular formula is C16H20N2O3. The Labute approximate surface area is 124 Å². The predicted octanol–water partition coefficient (Wildman–Crippen LogP) is 2.50. The summed E-state index contributed by atoms with van der Waals surface area (Å²) in [5, 5.41) is 9.27. The number of aryl methyl sites for hydroxylation is 1. The standard InChI is InChI=1S/C16H20N2O3/c19-15(20)14-9-5-11-18(14)16(21)17-10-4-3-7-12-6-1-2-8-13(12)17/h1-2,6,8,14H,3-5,7,9-11H2,(H,19,20)/t14-/m0/s1. The van der Waals surface area contributed by atoms with Crippen molar-refractivity contribution in [2.75, 3.05) is 18.0 Å². The van der Waals surface area contributed by atoms with Gasteiger partial charge in [0.2, 0.25) is 0 Å². The highest BCUT2D eigenvalue weighted by molar-refractivity contribution is 5.95. The fourth-order valence-electron chi connectivity index (χ4n) is 3.30. The van der Waals surface area contributed by atoms with Crippen LogP contribution < -0.4 is 4.90 Å². The highest BCUT2D eigenvalue weighted by Crippen LogP contribution is 2.29. The van der Waals surface area contributed by atoms with Crippen molar-refractivity contribution in [2.45, 2.75) is 38.1 Å². The first-order valence-electron chi connectivity index (χ1n) is 7.57. The monoisotopic (exact) mass is 288 g/mol. The second-order valence-corrected chi connectivity index (χ2v) is 5.71. The number of fused-ring (bicyclic) bond motifs is 1. The number of carboxylic acid groups (broad SMARTS) is 1. The number of carbonyl (C=O) groups is 2. The van der Waals surface area contributed by atoms with E-state index in [-0.39, 0.29) is 6.03 Å². The van der Waals surface area contributed by atoms with Gasteiger partial charge in [-0.25, -0.2) is 9.59 Å². The van der Waals surface area contributed by atoms with Crippen LogP contribution in [-0.4, -0.2) is 41.1 Å². The van der Waals surface area contributed by atoms with Crippen molar-refractivity contribution in [1.29, 1.82) is 0 Å². The van der Waals surface area contributed by atoms with Crippen LogP contribution in [0.2, 0.25) is 0 Å². The molecule has 2 heterocycles. The third-order valence-electron chi connectivity index (χ3n) is 4.37. The zero-order valence-electron chi connectivity index (χ0n) is 12.0. The Morgan fingerprint density at radius 1 is 1.10 bits per heavy atom. The molecule has 1 aromatic carbocycles. The molecule has 2 aliphatic rings. The Balaban J connectivity index is 1.89. The van der Waals surface area contributed by atoms with Crippen LogP contribution in [0.15, 0.2) is 24.3 Å². The van der Waals surface area contributed by atoms with Crippen molar-refractivity contribution in [1.82, 2.24) is 4.90 Å². The summed E-state index contributed by atoms with van der Waals surface area (Å²) in [7, 11) is 0. The van der Waals surface area contributed by atoms with Gasteiger partial charge >= 0.3 is 12.0 Å². The first-order valence-corrected chi connectivity index (χ1v) is 7.57. The van der Waals surface area contributed by atoms with Gasteiger partial charge in [0.1, 0.15) is 6.04 Å². The normalized spacial score (nSPS) is 21.8. The van der Waals surface area contributed by atoms with Crippen molar-refractivity contribution in [3.63, 3.8) is 0 Å². The van der Waals surface area contributed by atoms with Crippen LogP contribution in [0.1, 0.15) is 31.2 Å². The Kier molecular flexibility index (Phi) is 3.82. The van der Waals surface area contributed by atoms with E-state index in [0.29, 0.717) is 19.5 Å². The van der Waals surface area contributed by atoms with Gasteiger partial charge in [0.15, 0.2) is 0 Å². The number of nitrogens with zero attached hydrogens (tertiary/aromatic N) is 2. The van der Waals surface area contributed by atoms with Crippen LogP contribution in [0.5, 0.6) is 0 Å². The molecular weight excluding hydrogens is 268 g/mol. The average molecular weight is 288 g/mol. The van der Waals surface area contributed by atoms with Gasteiger partial charge in [0, 0.05) is 18.8 Å². The van der Waals surface area contributed by atoms with E-state index in [2.05, 4.69) is 6.07 Å². The second kappa shape index (κ2) is 5.76. The molecule has 1 N–H and O–H groups in total. The van der Waals surface area contributed by atoms with E-state index < -0.39 is 12.0 Å². The molecule has 0 unspecified atom stereocenters. The summed E-state index contributed by atoms with van der Waals surface area (Å²) >= 11 is 0. The average Bonchev–Trinajstić information content (AvgIpc) is 2.88. The summed E-state index contributed by atoms with van der Waals surface area (Å²) in [6.45, 7) is 1.20. The minimum atomic E-state index is -0.899. The van der Waals surface area contributed by atoms with Crippen LogP contribution in [0.4, 0.5) is 10.5 Å². The van der Waals surface area contributed by atoms with Crippen LogP contribution in [0.3, 0.4) is 0 Å². The number of carbonyl (C=O) groups excluding carboxylic acids is 1. The molecule has 5 nitrogen and oxygen atoms in total. The smallest absolute Gasteiger partial charge is 0.326 e. The number of benzene rings is 1. The molecule has 3 rings (SSSR count). The van der Waals surface area contributed by atoms with E-state index in [4.69, 9.17) is 0 Å². The van der Waals surface area contributed by atoms with Crippen molar-refractivity contribution in [3.05, 3.63) is 29.8 Å². The zero-order chi connectivity index (χ0) is 14.8. The summed E-state index contributed by atoms with van der Waals surface area (Å²) in [5.74, 6) is -0.899. The van der Waals surface area contributed by atoms with Gasteiger partial charge in [-0.05, 0) is 43.7 Å².